The van der Waals surface area contributed by atoms with Gasteiger partial charge in [0.1, 0.15) is 0 Å². The maximum Gasteiger partial charge on any atom is 0.308 e. The molecular weight excluding hydrogens is 266 g/mol. The smallest absolute Gasteiger partial charge is 0.308 e. The molecule has 1 aromatic heterocycles. The first kappa shape index (κ1) is 15.1. The van der Waals surface area contributed by atoms with Gasteiger partial charge in [0.05, 0.1) is 17.9 Å². The lowest BCUT2D eigenvalue weighted by Gasteiger charge is -2.06. The average Bonchev–Trinajstić information content (AvgIpc) is 2.52. The summed E-state index contributed by atoms with van der Waals surface area (Å²) in [7, 11) is 0. The highest BCUT2D eigenvalue weighted by Crippen LogP contribution is 2.27. The average molecular weight is 283 g/mol. The maximum atomic E-state index is 10.7. The topological polar surface area (TPSA) is 50.2 Å². The number of hydrogen-bond donors (Lipinski definition) is 1. The lowest BCUT2D eigenvalue weighted by molar-refractivity contribution is -0.136. The Kier molecular flexibility index (Phi) is 5.24. The SMILES string of the molecule is Cc1nc(SCC#CC(C)(C)C)sc1CC(=O)O. The molecule has 0 saturated carbocycles. The summed E-state index contributed by atoms with van der Waals surface area (Å²) in [5.74, 6) is 6.14. The number of thiazole rings is 1. The molecule has 0 unspecified atom stereocenters. The number of aromatic nitrogens is 1. The molecule has 0 aliphatic carbocycles. The molecule has 0 fully saturated rings. The van der Waals surface area contributed by atoms with Gasteiger partial charge in [0.25, 0.3) is 0 Å². The van der Waals surface area contributed by atoms with E-state index in [0.29, 0.717) is 5.75 Å². The second kappa shape index (κ2) is 6.26. The molecule has 0 amide bonds. The van der Waals surface area contributed by atoms with Crippen LogP contribution in [0.15, 0.2) is 4.34 Å². The molecule has 5 heteroatoms. The zero-order valence-electron chi connectivity index (χ0n) is 11.0. The van der Waals surface area contributed by atoms with Gasteiger partial charge in [-0.2, -0.15) is 0 Å². The van der Waals surface area contributed by atoms with Crippen molar-refractivity contribution in [1.29, 1.82) is 0 Å². The van der Waals surface area contributed by atoms with E-state index in [1.807, 2.05) is 6.92 Å². The maximum absolute atomic E-state index is 10.7. The second-order valence-electron chi connectivity index (χ2n) is 4.90. The lowest BCUT2D eigenvalue weighted by Crippen LogP contribution is -1.99. The number of rotatable bonds is 4. The molecule has 1 rings (SSSR count). The molecule has 0 saturated heterocycles. The molecule has 3 nitrogen and oxygen atoms in total. The zero-order chi connectivity index (χ0) is 13.8. The molecule has 1 aromatic rings. The number of thioether (sulfide) groups is 1. The quantitative estimate of drug-likeness (QED) is 0.681. The normalized spacial score (nSPS) is 10.9. The first-order valence-corrected chi connectivity index (χ1v) is 7.39. The van der Waals surface area contributed by atoms with Crippen LogP contribution >= 0.6 is 23.1 Å². The van der Waals surface area contributed by atoms with E-state index in [2.05, 4.69) is 37.6 Å². The summed E-state index contributed by atoms with van der Waals surface area (Å²) in [5.41, 5.74) is 0.835. The number of carboxylic acids is 1. The van der Waals surface area contributed by atoms with E-state index >= 15 is 0 Å². The first-order chi connectivity index (χ1) is 8.28. The van der Waals surface area contributed by atoms with E-state index < -0.39 is 5.97 Å². The molecule has 1 N–H and O–H groups in total. The molecule has 98 valence electrons. The Morgan fingerprint density at radius 1 is 1.50 bits per heavy atom. The number of carboxylic acid groups (broad SMARTS) is 1. The monoisotopic (exact) mass is 283 g/mol. The van der Waals surface area contributed by atoms with Gasteiger partial charge in [0, 0.05) is 10.3 Å². The number of nitrogens with zero attached hydrogens (tertiary/aromatic N) is 1. The third kappa shape index (κ3) is 5.56. The summed E-state index contributed by atoms with van der Waals surface area (Å²) in [5, 5.41) is 8.75. The van der Waals surface area contributed by atoms with Crippen molar-refractivity contribution < 1.29 is 9.90 Å². The van der Waals surface area contributed by atoms with Crippen LogP contribution in [0.4, 0.5) is 0 Å². The molecule has 0 aliphatic heterocycles. The predicted octanol–water partition coefficient (Wildman–Crippen LogP) is 3.22. The fourth-order valence-electron chi connectivity index (χ4n) is 1.16. The lowest BCUT2D eigenvalue weighted by atomic mass is 9.98. The third-order valence-electron chi connectivity index (χ3n) is 1.92. The summed E-state index contributed by atoms with van der Waals surface area (Å²) in [6.45, 7) is 8.06. The minimum absolute atomic E-state index is 0.0216. The molecule has 0 aromatic carbocycles. The highest BCUT2D eigenvalue weighted by molar-refractivity contribution is 8.01. The highest BCUT2D eigenvalue weighted by Gasteiger charge is 2.10. The Morgan fingerprint density at radius 2 is 2.17 bits per heavy atom. The zero-order valence-corrected chi connectivity index (χ0v) is 12.7. The van der Waals surface area contributed by atoms with Crippen molar-refractivity contribution in [3.8, 4) is 11.8 Å². The van der Waals surface area contributed by atoms with Gasteiger partial charge >= 0.3 is 5.97 Å². The van der Waals surface area contributed by atoms with Crippen LogP contribution in [0.3, 0.4) is 0 Å². The predicted molar refractivity (Wildman–Crippen MR) is 76.1 cm³/mol. The van der Waals surface area contributed by atoms with Crippen molar-refractivity contribution in [2.75, 3.05) is 5.75 Å². The van der Waals surface area contributed by atoms with Crippen LogP contribution in [-0.4, -0.2) is 21.8 Å². The van der Waals surface area contributed by atoms with E-state index in [1.54, 1.807) is 11.8 Å². The fourth-order valence-corrected chi connectivity index (χ4v) is 3.13. The van der Waals surface area contributed by atoms with Gasteiger partial charge in [-0.05, 0) is 27.7 Å². The molecule has 0 bridgehead atoms. The first-order valence-electron chi connectivity index (χ1n) is 5.59. The molecule has 0 spiro atoms. The van der Waals surface area contributed by atoms with Gasteiger partial charge in [-0.15, -0.1) is 11.3 Å². The minimum atomic E-state index is -0.814. The number of hydrogen-bond acceptors (Lipinski definition) is 4. The summed E-state index contributed by atoms with van der Waals surface area (Å²) in [6.07, 6.45) is 0.0533. The Balaban J connectivity index is 2.58. The molecule has 0 radical (unpaired) electrons. The van der Waals surface area contributed by atoms with Gasteiger partial charge in [-0.25, -0.2) is 4.98 Å². The summed E-state index contributed by atoms with van der Waals surface area (Å²) >= 11 is 3.01. The van der Waals surface area contributed by atoms with Crippen molar-refractivity contribution in [2.24, 2.45) is 5.41 Å². The van der Waals surface area contributed by atoms with Crippen LogP contribution < -0.4 is 0 Å². The third-order valence-corrected chi connectivity index (χ3v) is 4.10. The second-order valence-corrected chi connectivity index (χ2v) is 7.21. The molecular formula is C13H17NO2S2. The van der Waals surface area contributed by atoms with Crippen LogP contribution in [0.2, 0.25) is 0 Å². The fraction of sp³-hybridized carbons (Fsp3) is 0.538. The minimum Gasteiger partial charge on any atom is -0.481 e. The standard InChI is InChI=1S/C13H17NO2S2/c1-9-10(8-11(15)16)18-12(14-9)17-7-5-6-13(2,3)4/h7-8H2,1-4H3,(H,15,16). The van der Waals surface area contributed by atoms with E-state index in [9.17, 15) is 4.79 Å². The van der Waals surface area contributed by atoms with Gasteiger partial charge in [0.15, 0.2) is 4.34 Å². The van der Waals surface area contributed by atoms with E-state index in [1.165, 1.54) is 11.3 Å². The molecule has 1 heterocycles. The van der Waals surface area contributed by atoms with Gasteiger partial charge in [0.2, 0.25) is 0 Å². The number of aliphatic carboxylic acids is 1. The van der Waals surface area contributed by atoms with Gasteiger partial charge in [-0.1, -0.05) is 23.6 Å². The van der Waals surface area contributed by atoms with E-state index in [4.69, 9.17) is 5.11 Å². The van der Waals surface area contributed by atoms with Crippen molar-refractivity contribution in [2.45, 2.75) is 38.5 Å². The van der Waals surface area contributed by atoms with E-state index in [0.717, 1.165) is 14.9 Å². The van der Waals surface area contributed by atoms with E-state index in [-0.39, 0.29) is 11.8 Å². The van der Waals surface area contributed by atoms with Crippen LogP contribution in [-0.2, 0) is 11.2 Å². The highest BCUT2D eigenvalue weighted by atomic mass is 32.2. The largest absolute Gasteiger partial charge is 0.481 e. The Labute approximate surface area is 116 Å². The van der Waals surface area contributed by atoms with Crippen molar-refractivity contribution in [3.63, 3.8) is 0 Å². The Bertz CT molecular complexity index is 489. The summed E-state index contributed by atoms with van der Waals surface area (Å²) in [4.78, 5) is 15.8. The van der Waals surface area contributed by atoms with Crippen LogP contribution in [0.5, 0.6) is 0 Å². The van der Waals surface area contributed by atoms with Crippen LogP contribution in [0.1, 0.15) is 31.3 Å². The van der Waals surface area contributed by atoms with Crippen LogP contribution in [0.25, 0.3) is 0 Å². The van der Waals surface area contributed by atoms with Crippen molar-refractivity contribution in [3.05, 3.63) is 10.6 Å². The Morgan fingerprint density at radius 3 is 2.72 bits per heavy atom. The summed E-state index contributed by atoms with van der Waals surface area (Å²) < 4.78 is 0.895. The number of aryl methyl sites for hydroxylation is 1. The van der Waals surface area contributed by atoms with Gasteiger partial charge in [-0.3, -0.25) is 4.79 Å². The molecule has 0 atom stereocenters. The molecule has 0 aliphatic rings. The Hall–Kier alpha value is -0.990. The van der Waals surface area contributed by atoms with Gasteiger partial charge < -0.3 is 5.11 Å². The van der Waals surface area contributed by atoms with Crippen molar-refractivity contribution in [1.82, 2.24) is 4.98 Å². The van der Waals surface area contributed by atoms with Crippen molar-refractivity contribution >= 4 is 29.1 Å². The molecule has 18 heavy (non-hydrogen) atoms. The number of carbonyl (C=O) groups is 1. The summed E-state index contributed by atoms with van der Waals surface area (Å²) in [6, 6.07) is 0. The van der Waals surface area contributed by atoms with Crippen LogP contribution in [0, 0.1) is 24.2 Å².